The SMILES string of the molecule is CC[C@@H](NC(=O)NCCC1=CCCCC1)C(=O)O. The van der Waals surface area contributed by atoms with Gasteiger partial charge in [-0.3, -0.25) is 0 Å². The van der Waals surface area contributed by atoms with Crippen molar-refractivity contribution >= 4 is 12.0 Å². The molecule has 0 heterocycles. The Kier molecular flexibility index (Phi) is 6.25. The zero-order valence-electron chi connectivity index (χ0n) is 10.9. The highest BCUT2D eigenvalue weighted by Crippen LogP contribution is 2.19. The Hall–Kier alpha value is -1.52. The van der Waals surface area contributed by atoms with E-state index >= 15 is 0 Å². The predicted octanol–water partition coefficient (Wildman–Crippen LogP) is 2.04. The Morgan fingerprint density at radius 3 is 2.78 bits per heavy atom. The lowest BCUT2D eigenvalue weighted by Gasteiger charge is -2.15. The number of carboxylic acid groups (broad SMARTS) is 1. The first-order valence-corrected chi connectivity index (χ1v) is 6.58. The number of urea groups is 1. The number of hydrogen-bond donors (Lipinski definition) is 3. The third-order valence-electron chi connectivity index (χ3n) is 3.13. The Morgan fingerprint density at radius 1 is 1.44 bits per heavy atom. The molecule has 2 amide bonds. The molecule has 1 aliphatic carbocycles. The number of allylic oxidation sites excluding steroid dienone is 1. The number of carboxylic acids is 1. The Morgan fingerprint density at radius 2 is 2.22 bits per heavy atom. The van der Waals surface area contributed by atoms with Crippen molar-refractivity contribution < 1.29 is 14.7 Å². The summed E-state index contributed by atoms with van der Waals surface area (Å²) in [6, 6.07) is -1.21. The van der Waals surface area contributed by atoms with Gasteiger partial charge in [0.05, 0.1) is 0 Å². The molecule has 5 nitrogen and oxygen atoms in total. The summed E-state index contributed by atoms with van der Waals surface area (Å²) in [6.45, 7) is 2.29. The predicted molar refractivity (Wildman–Crippen MR) is 69.4 cm³/mol. The van der Waals surface area contributed by atoms with Crippen LogP contribution in [0.2, 0.25) is 0 Å². The molecular weight excluding hydrogens is 232 g/mol. The number of nitrogens with one attached hydrogen (secondary N) is 2. The molecule has 0 aliphatic heterocycles. The molecule has 3 N–H and O–H groups in total. The molecule has 102 valence electrons. The molecule has 0 aromatic heterocycles. The van der Waals surface area contributed by atoms with Crippen LogP contribution in [0.4, 0.5) is 4.79 Å². The van der Waals surface area contributed by atoms with Gasteiger partial charge in [0, 0.05) is 6.54 Å². The molecule has 0 spiro atoms. The topological polar surface area (TPSA) is 78.4 Å². The average Bonchev–Trinajstić information content (AvgIpc) is 2.37. The van der Waals surface area contributed by atoms with Crippen LogP contribution in [0.5, 0.6) is 0 Å². The van der Waals surface area contributed by atoms with Crippen molar-refractivity contribution in [2.24, 2.45) is 0 Å². The summed E-state index contributed by atoms with van der Waals surface area (Å²) in [5.41, 5.74) is 1.40. The number of amides is 2. The second-order valence-electron chi connectivity index (χ2n) is 4.56. The van der Waals surface area contributed by atoms with Crippen LogP contribution in [0.25, 0.3) is 0 Å². The first kappa shape index (κ1) is 14.5. The van der Waals surface area contributed by atoms with Crippen molar-refractivity contribution in [3.63, 3.8) is 0 Å². The maximum Gasteiger partial charge on any atom is 0.326 e. The lowest BCUT2D eigenvalue weighted by Crippen LogP contribution is -2.45. The average molecular weight is 254 g/mol. The van der Waals surface area contributed by atoms with Crippen LogP contribution >= 0.6 is 0 Å². The summed E-state index contributed by atoms with van der Waals surface area (Å²) in [4.78, 5) is 22.2. The first-order chi connectivity index (χ1) is 8.63. The van der Waals surface area contributed by atoms with Gasteiger partial charge in [-0.1, -0.05) is 18.6 Å². The molecule has 0 saturated carbocycles. The van der Waals surface area contributed by atoms with Crippen molar-refractivity contribution in [2.45, 2.75) is 51.5 Å². The zero-order chi connectivity index (χ0) is 13.4. The van der Waals surface area contributed by atoms with Gasteiger partial charge in [-0.05, 0) is 38.5 Å². The monoisotopic (exact) mass is 254 g/mol. The second-order valence-corrected chi connectivity index (χ2v) is 4.56. The zero-order valence-corrected chi connectivity index (χ0v) is 10.9. The summed E-state index contributed by atoms with van der Waals surface area (Å²) in [5, 5.41) is 13.9. The third kappa shape index (κ3) is 5.21. The van der Waals surface area contributed by atoms with Gasteiger partial charge < -0.3 is 15.7 Å². The van der Waals surface area contributed by atoms with Crippen molar-refractivity contribution in [1.82, 2.24) is 10.6 Å². The highest BCUT2D eigenvalue weighted by Gasteiger charge is 2.16. The van der Waals surface area contributed by atoms with Crippen LogP contribution < -0.4 is 10.6 Å². The summed E-state index contributed by atoms with van der Waals surface area (Å²) in [6.07, 6.45) is 8.23. The van der Waals surface area contributed by atoms with Gasteiger partial charge >= 0.3 is 12.0 Å². The van der Waals surface area contributed by atoms with Crippen LogP contribution in [-0.2, 0) is 4.79 Å². The van der Waals surface area contributed by atoms with Gasteiger partial charge in [0.25, 0.3) is 0 Å². The van der Waals surface area contributed by atoms with Gasteiger partial charge in [-0.25, -0.2) is 9.59 Å². The fourth-order valence-corrected chi connectivity index (χ4v) is 2.02. The fourth-order valence-electron chi connectivity index (χ4n) is 2.02. The summed E-state index contributed by atoms with van der Waals surface area (Å²) < 4.78 is 0. The summed E-state index contributed by atoms with van der Waals surface area (Å²) in [7, 11) is 0. The molecule has 0 unspecified atom stereocenters. The van der Waals surface area contributed by atoms with Crippen LogP contribution in [0.1, 0.15) is 45.4 Å². The molecule has 0 aromatic rings. The smallest absolute Gasteiger partial charge is 0.326 e. The van der Waals surface area contributed by atoms with E-state index in [1.807, 2.05) is 0 Å². The van der Waals surface area contributed by atoms with Gasteiger partial charge in [0.15, 0.2) is 0 Å². The van der Waals surface area contributed by atoms with Gasteiger partial charge in [0.1, 0.15) is 6.04 Å². The quantitative estimate of drug-likeness (QED) is 0.635. The molecule has 18 heavy (non-hydrogen) atoms. The molecule has 0 aromatic carbocycles. The number of rotatable bonds is 6. The van der Waals surface area contributed by atoms with E-state index in [1.54, 1.807) is 6.92 Å². The van der Waals surface area contributed by atoms with E-state index in [1.165, 1.54) is 18.4 Å². The lowest BCUT2D eigenvalue weighted by atomic mass is 9.97. The highest BCUT2D eigenvalue weighted by atomic mass is 16.4. The van der Waals surface area contributed by atoms with Crippen molar-refractivity contribution in [2.75, 3.05) is 6.54 Å². The Labute approximate surface area is 108 Å². The van der Waals surface area contributed by atoms with Crippen LogP contribution in [-0.4, -0.2) is 29.7 Å². The molecule has 1 aliphatic rings. The normalized spacial score (nSPS) is 16.6. The molecule has 0 fully saturated rings. The Bertz CT molecular complexity index is 326. The van der Waals surface area contributed by atoms with E-state index in [0.717, 1.165) is 19.3 Å². The minimum Gasteiger partial charge on any atom is -0.480 e. The summed E-state index contributed by atoms with van der Waals surface area (Å²) in [5.74, 6) is -0.998. The summed E-state index contributed by atoms with van der Waals surface area (Å²) >= 11 is 0. The first-order valence-electron chi connectivity index (χ1n) is 6.58. The molecule has 0 radical (unpaired) electrons. The maximum absolute atomic E-state index is 11.5. The van der Waals surface area contributed by atoms with E-state index in [2.05, 4.69) is 16.7 Å². The number of aliphatic carboxylic acids is 1. The molecule has 0 bridgehead atoms. The van der Waals surface area contributed by atoms with Crippen molar-refractivity contribution in [1.29, 1.82) is 0 Å². The van der Waals surface area contributed by atoms with Crippen LogP contribution in [0.15, 0.2) is 11.6 Å². The van der Waals surface area contributed by atoms with E-state index < -0.39 is 18.0 Å². The molecule has 1 rings (SSSR count). The van der Waals surface area contributed by atoms with E-state index in [0.29, 0.717) is 13.0 Å². The molecule has 1 atom stereocenters. The van der Waals surface area contributed by atoms with Crippen molar-refractivity contribution in [3.05, 3.63) is 11.6 Å². The van der Waals surface area contributed by atoms with Gasteiger partial charge in [-0.15, -0.1) is 0 Å². The minimum absolute atomic E-state index is 0.383. The second kappa shape index (κ2) is 7.74. The highest BCUT2D eigenvalue weighted by molar-refractivity contribution is 5.82. The lowest BCUT2D eigenvalue weighted by molar-refractivity contribution is -0.139. The van der Waals surface area contributed by atoms with Crippen LogP contribution in [0, 0.1) is 0 Å². The van der Waals surface area contributed by atoms with Crippen LogP contribution in [0.3, 0.4) is 0 Å². The Balaban J connectivity index is 2.20. The largest absolute Gasteiger partial charge is 0.480 e. The number of carbonyl (C=O) groups excluding carboxylic acids is 1. The standard InChI is InChI=1S/C13H22N2O3/c1-2-11(12(16)17)15-13(18)14-9-8-10-6-4-3-5-7-10/h6,11H,2-5,7-9H2,1H3,(H,16,17)(H2,14,15,18)/t11-/m1/s1. The minimum atomic E-state index is -0.998. The number of hydrogen-bond acceptors (Lipinski definition) is 2. The van der Waals surface area contributed by atoms with Crippen molar-refractivity contribution in [3.8, 4) is 0 Å². The van der Waals surface area contributed by atoms with E-state index in [-0.39, 0.29) is 0 Å². The molecule has 0 saturated heterocycles. The maximum atomic E-state index is 11.5. The van der Waals surface area contributed by atoms with Gasteiger partial charge in [0.2, 0.25) is 0 Å². The fraction of sp³-hybridized carbons (Fsp3) is 0.692. The van der Waals surface area contributed by atoms with Gasteiger partial charge in [-0.2, -0.15) is 0 Å². The number of carbonyl (C=O) groups is 2. The molecular formula is C13H22N2O3. The van der Waals surface area contributed by atoms with E-state index in [4.69, 9.17) is 5.11 Å². The third-order valence-corrected chi connectivity index (χ3v) is 3.13. The van der Waals surface area contributed by atoms with E-state index in [9.17, 15) is 9.59 Å². The molecule has 5 heteroatoms.